The molecule has 0 aromatic heterocycles. The van der Waals surface area contributed by atoms with Crippen LogP contribution in [0.25, 0.3) is 0 Å². The maximum atomic E-state index is 6.29. The van der Waals surface area contributed by atoms with Gasteiger partial charge in [0.05, 0.1) is 11.8 Å². The highest BCUT2D eigenvalue weighted by atomic mass is 35.5. The van der Waals surface area contributed by atoms with Crippen molar-refractivity contribution in [2.24, 2.45) is 16.6 Å². The Hall–Kier alpha value is -1.94. The van der Waals surface area contributed by atoms with Crippen LogP contribution in [-0.4, -0.2) is 18.4 Å². The van der Waals surface area contributed by atoms with Gasteiger partial charge in [0.15, 0.2) is 0 Å². The number of halogens is 1. The molecule has 1 saturated carbocycles. The molecule has 1 aliphatic rings. The fraction of sp³-hybridized carbons (Fsp3) is 0.389. The minimum Gasteiger partial charge on any atom is -0.491 e. The maximum absolute atomic E-state index is 6.29. The van der Waals surface area contributed by atoms with E-state index in [4.69, 9.17) is 22.1 Å². The van der Waals surface area contributed by atoms with Crippen molar-refractivity contribution in [3.8, 4) is 5.75 Å². The Morgan fingerprint density at radius 1 is 1.43 bits per heavy atom. The van der Waals surface area contributed by atoms with E-state index < -0.39 is 0 Å². The molecular weight excluding hydrogens is 310 g/mol. The summed E-state index contributed by atoms with van der Waals surface area (Å²) in [6.45, 7) is 8.28. The Morgan fingerprint density at radius 2 is 2.09 bits per heavy atom. The van der Waals surface area contributed by atoms with E-state index in [0.29, 0.717) is 29.1 Å². The zero-order valence-electron chi connectivity index (χ0n) is 13.7. The number of ether oxygens (including phenoxy) is 1. The first-order valence-electron chi connectivity index (χ1n) is 7.81. The molecule has 1 aliphatic carbocycles. The van der Waals surface area contributed by atoms with Crippen molar-refractivity contribution in [1.82, 2.24) is 5.32 Å². The third-order valence-corrected chi connectivity index (χ3v) is 4.04. The number of hydrogen-bond acceptors (Lipinski definition) is 4. The highest BCUT2D eigenvalue weighted by Gasteiger charge is 2.24. The van der Waals surface area contributed by atoms with Crippen molar-refractivity contribution in [1.29, 1.82) is 0 Å². The quantitative estimate of drug-likeness (QED) is 0.711. The second-order valence-electron chi connectivity index (χ2n) is 5.86. The summed E-state index contributed by atoms with van der Waals surface area (Å²) in [5.41, 5.74) is 7.59. The van der Waals surface area contributed by atoms with E-state index in [0.717, 1.165) is 11.4 Å². The van der Waals surface area contributed by atoms with E-state index in [2.05, 4.69) is 16.9 Å². The molecule has 1 unspecified atom stereocenters. The third kappa shape index (κ3) is 5.64. The van der Waals surface area contributed by atoms with Crippen molar-refractivity contribution in [2.75, 3.05) is 6.61 Å². The summed E-state index contributed by atoms with van der Waals surface area (Å²) in [5, 5.41) is 3.57. The molecule has 23 heavy (non-hydrogen) atoms. The molecule has 1 atom stereocenters. The minimum absolute atomic E-state index is 0.0170. The van der Waals surface area contributed by atoms with Crippen LogP contribution in [0, 0.1) is 5.92 Å². The smallest absolute Gasteiger partial charge is 0.119 e. The van der Waals surface area contributed by atoms with Crippen LogP contribution in [0.2, 0.25) is 0 Å². The van der Waals surface area contributed by atoms with Gasteiger partial charge in [-0.15, -0.1) is 0 Å². The zero-order valence-corrected chi connectivity index (χ0v) is 14.4. The summed E-state index contributed by atoms with van der Waals surface area (Å²) in [7, 11) is 0. The number of para-hydroxylation sites is 1. The molecule has 5 heteroatoms. The molecule has 1 aromatic carbocycles. The number of nitrogens with zero attached hydrogens (tertiary/aromatic N) is 1. The van der Waals surface area contributed by atoms with E-state index in [9.17, 15) is 0 Å². The molecule has 0 radical (unpaired) electrons. The van der Waals surface area contributed by atoms with Gasteiger partial charge in [0, 0.05) is 11.6 Å². The Labute approximate surface area is 143 Å². The topological polar surface area (TPSA) is 59.6 Å². The number of nitrogens with two attached hydrogens (primary N) is 1. The molecule has 0 amide bonds. The van der Waals surface area contributed by atoms with Crippen molar-refractivity contribution < 1.29 is 4.74 Å². The molecule has 0 bridgehead atoms. The van der Waals surface area contributed by atoms with Crippen LogP contribution in [0.4, 0.5) is 0 Å². The van der Waals surface area contributed by atoms with Gasteiger partial charge in [-0.1, -0.05) is 36.4 Å². The maximum Gasteiger partial charge on any atom is 0.119 e. The van der Waals surface area contributed by atoms with Crippen LogP contribution in [0.1, 0.15) is 26.7 Å². The zero-order chi connectivity index (χ0) is 16.8. The first-order chi connectivity index (χ1) is 11.0. The van der Waals surface area contributed by atoms with Crippen LogP contribution >= 0.6 is 11.6 Å². The predicted octanol–water partition coefficient (Wildman–Crippen LogP) is 3.79. The molecule has 1 fully saturated rings. The number of allylic oxidation sites excluding steroid dienone is 2. The first kappa shape index (κ1) is 17.4. The van der Waals surface area contributed by atoms with Gasteiger partial charge in [-0.2, -0.15) is 0 Å². The first-order valence-corrected chi connectivity index (χ1v) is 8.19. The van der Waals surface area contributed by atoms with Gasteiger partial charge in [-0.3, -0.25) is 4.99 Å². The van der Waals surface area contributed by atoms with E-state index in [1.54, 1.807) is 0 Å². The van der Waals surface area contributed by atoms with Gasteiger partial charge in [-0.05, 0) is 38.8 Å². The van der Waals surface area contributed by atoms with Crippen LogP contribution in [-0.2, 0) is 0 Å². The largest absolute Gasteiger partial charge is 0.491 e. The Bertz CT molecular complexity index is 606. The molecule has 2 rings (SSSR count). The van der Waals surface area contributed by atoms with Crippen molar-refractivity contribution in [2.45, 2.75) is 32.7 Å². The molecule has 0 aliphatic heterocycles. The van der Waals surface area contributed by atoms with E-state index >= 15 is 0 Å². The SMILES string of the molecule is C=C(/N=C(C)\C(Cl)=C(/N)NC(C)COc1ccccc1)C1CC1. The minimum atomic E-state index is 0.0170. The average Bonchev–Trinajstić information content (AvgIpc) is 3.38. The molecule has 0 spiro atoms. The number of benzene rings is 1. The monoisotopic (exact) mass is 333 g/mol. The summed E-state index contributed by atoms with van der Waals surface area (Å²) >= 11 is 6.29. The molecule has 124 valence electrons. The average molecular weight is 334 g/mol. The number of aliphatic imine (C=N–C) groups is 1. The Kier molecular flexibility index (Phi) is 6.11. The molecule has 0 saturated heterocycles. The molecule has 4 nitrogen and oxygen atoms in total. The lowest BCUT2D eigenvalue weighted by atomic mass is 10.3. The third-order valence-electron chi connectivity index (χ3n) is 3.56. The molecule has 0 heterocycles. The highest BCUT2D eigenvalue weighted by Crippen LogP contribution is 2.36. The van der Waals surface area contributed by atoms with Gasteiger partial charge in [0.1, 0.15) is 23.2 Å². The van der Waals surface area contributed by atoms with E-state index in [1.807, 2.05) is 44.2 Å². The molecular formula is C18H24ClN3O. The Balaban J connectivity index is 1.87. The second-order valence-corrected chi connectivity index (χ2v) is 6.24. The van der Waals surface area contributed by atoms with E-state index in [-0.39, 0.29) is 6.04 Å². The summed E-state index contributed by atoms with van der Waals surface area (Å²) in [6, 6.07) is 9.67. The fourth-order valence-corrected chi connectivity index (χ4v) is 2.17. The van der Waals surface area contributed by atoms with Gasteiger partial charge in [0.2, 0.25) is 0 Å². The van der Waals surface area contributed by atoms with Gasteiger partial charge < -0.3 is 15.8 Å². The van der Waals surface area contributed by atoms with Gasteiger partial charge >= 0.3 is 0 Å². The number of nitrogens with one attached hydrogen (secondary N) is 1. The lowest BCUT2D eigenvalue weighted by Crippen LogP contribution is -2.35. The molecule has 1 aromatic rings. The second kappa shape index (κ2) is 8.06. The fourth-order valence-electron chi connectivity index (χ4n) is 2.08. The highest BCUT2D eigenvalue weighted by molar-refractivity contribution is 6.43. The van der Waals surface area contributed by atoms with Crippen LogP contribution in [0.5, 0.6) is 5.75 Å². The van der Waals surface area contributed by atoms with E-state index in [1.165, 1.54) is 12.8 Å². The Morgan fingerprint density at radius 3 is 2.70 bits per heavy atom. The van der Waals surface area contributed by atoms with Gasteiger partial charge in [-0.25, -0.2) is 0 Å². The molecule has 3 N–H and O–H groups in total. The number of hydrogen-bond donors (Lipinski definition) is 2. The lowest BCUT2D eigenvalue weighted by Gasteiger charge is -2.17. The van der Waals surface area contributed by atoms with Crippen molar-refractivity contribution in [3.63, 3.8) is 0 Å². The summed E-state index contributed by atoms with van der Waals surface area (Å²) < 4.78 is 5.69. The van der Waals surface area contributed by atoms with Crippen LogP contribution in [0.3, 0.4) is 0 Å². The standard InChI is InChI=1S/C18H24ClN3O/c1-12(11-23-16-7-5-4-6-8-16)21-18(20)17(19)14(3)22-13(2)15-9-10-15/h4-8,12,15,21H,2,9-11,20H2,1,3H3/b18-17-,22-14-. The predicted molar refractivity (Wildman–Crippen MR) is 96.6 cm³/mol. The summed E-state index contributed by atoms with van der Waals surface area (Å²) in [6.07, 6.45) is 2.33. The van der Waals surface area contributed by atoms with Crippen molar-refractivity contribution in [3.05, 3.63) is 53.5 Å². The van der Waals surface area contributed by atoms with Gasteiger partial charge in [0.25, 0.3) is 0 Å². The van der Waals surface area contributed by atoms with Crippen LogP contribution in [0.15, 0.2) is 58.5 Å². The summed E-state index contributed by atoms with van der Waals surface area (Å²) in [5.74, 6) is 1.75. The lowest BCUT2D eigenvalue weighted by molar-refractivity contribution is 0.280. The summed E-state index contributed by atoms with van der Waals surface area (Å²) in [4.78, 5) is 4.44. The van der Waals surface area contributed by atoms with Crippen molar-refractivity contribution >= 4 is 17.3 Å². The van der Waals surface area contributed by atoms with Crippen LogP contribution < -0.4 is 15.8 Å². The number of rotatable bonds is 8. The normalized spacial score (nSPS) is 17.3.